The molecule has 1 aromatic rings. The molecular weight excluding hydrogens is 400 g/mol. The van der Waals surface area contributed by atoms with E-state index in [4.69, 9.17) is 9.30 Å². The van der Waals surface area contributed by atoms with Gasteiger partial charge in [-0.3, -0.25) is 0 Å². The molecule has 1 aromatic carbocycles. The molecule has 0 fully saturated rings. The van der Waals surface area contributed by atoms with E-state index in [1.54, 1.807) is 24.3 Å². The standard InChI is InChI=1S/C10H9O2.2CO.Ir/c1-8(11)7-10(12)9-5-3-2-4-6-9;2*1-2;/h2-7H,1H3;;;/q-1;;;. The van der Waals surface area contributed by atoms with E-state index in [9.17, 15) is 9.59 Å². The van der Waals surface area contributed by atoms with E-state index in [1.165, 1.54) is 6.92 Å². The quantitative estimate of drug-likeness (QED) is 0.329. The first-order valence-corrected chi connectivity index (χ1v) is 4.05. The van der Waals surface area contributed by atoms with E-state index in [-0.39, 0.29) is 31.7 Å². The van der Waals surface area contributed by atoms with Gasteiger partial charge in [-0.05, 0) is 6.92 Å². The first-order valence-electron chi connectivity index (χ1n) is 4.05. The van der Waals surface area contributed by atoms with Crippen LogP contribution in [0.5, 0.6) is 0 Å². The summed E-state index contributed by atoms with van der Waals surface area (Å²) in [4.78, 5) is 21.7. The Morgan fingerprint density at radius 2 is 1.47 bits per heavy atom. The fourth-order valence-corrected chi connectivity index (χ4v) is 0.870. The van der Waals surface area contributed by atoms with Gasteiger partial charge in [0, 0.05) is 25.9 Å². The van der Waals surface area contributed by atoms with Crippen LogP contribution < -0.4 is 0 Å². The van der Waals surface area contributed by atoms with Gasteiger partial charge in [0.2, 0.25) is 0 Å². The summed E-state index contributed by atoms with van der Waals surface area (Å²) in [5, 5.41) is 0. The van der Waals surface area contributed by atoms with E-state index >= 15 is 0 Å². The summed E-state index contributed by atoms with van der Waals surface area (Å²) in [6.45, 7) is 10.4. The Labute approximate surface area is 113 Å². The van der Waals surface area contributed by atoms with Crippen molar-refractivity contribution in [2.45, 2.75) is 6.92 Å². The van der Waals surface area contributed by atoms with Gasteiger partial charge >= 0.3 is 22.6 Å². The first kappa shape index (κ1) is 20.9. The Kier molecular flexibility index (Phi) is 17.9. The van der Waals surface area contributed by atoms with Gasteiger partial charge in [-0.25, -0.2) is 0 Å². The summed E-state index contributed by atoms with van der Waals surface area (Å²) >= 11 is 0. The number of Topliss-reactive ketones (excluding diaryl/α,β-unsaturated/α-hetero) is 2. The molecular formula is C12H9IrO4-. The fourth-order valence-electron chi connectivity index (χ4n) is 0.870. The molecule has 0 N–H and O–H groups in total. The molecule has 0 aliphatic carbocycles. The molecule has 1 radical (unpaired) electrons. The first-order chi connectivity index (χ1) is 7.70. The van der Waals surface area contributed by atoms with Crippen molar-refractivity contribution in [1.82, 2.24) is 0 Å². The number of benzene rings is 1. The average Bonchev–Trinajstić information content (AvgIpc) is 2.34. The third kappa shape index (κ3) is 10.8. The zero-order valence-corrected chi connectivity index (χ0v) is 11.3. The van der Waals surface area contributed by atoms with Gasteiger partial charge in [-0.2, -0.15) is 0 Å². The molecule has 5 heteroatoms. The molecule has 1 rings (SSSR count). The second-order valence-electron chi connectivity index (χ2n) is 2.49. The minimum atomic E-state index is -0.233. The normalized spacial score (nSPS) is 6.65. The van der Waals surface area contributed by atoms with Gasteiger partial charge < -0.3 is 9.59 Å². The summed E-state index contributed by atoms with van der Waals surface area (Å²) < 4.78 is 15.0. The third-order valence-electron chi connectivity index (χ3n) is 1.39. The molecule has 0 aromatic heterocycles. The minimum Gasteiger partial charge on any atom is 0 e. The summed E-state index contributed by atoms with van der Waals surface area (Å²) in [6.07, 6.45) is 1.09. The molecule has 17 heavy (non-hydrogen) atoms. The number of carbonyl (C=O) groups excluding carboxylic acids is 2. The minimum absolute atomic E-state index is 0. The van der Waals surface area contributed by atoms with Crippen molar-refractivity contribution >= 4 is 11.6 Å². The molecule has 91 valence electrons. The van der Waals surface area contributed by atoms with Crippen molar-refractivity contribution in [3.63, 3.8) is 0 Å². The van der Waals surface area contributed by atoms with Crippen LogP contribution in [0, 0.1) is 19.7 Å². The molecule has 0 unspecified atom stereocenters. The van der Waals surface area contributed by atoms with Crippen LogP contribution in [0.25, 0.3) is 0 Å². The van der Waals surface area contributed by atoms with Crippen molar-refractivity contribution < 1.29 is 39.0 Å². The molecule has 0 bridgehead atoms. The Bertz CT molecular complexity index is 362. The van der Waals surface area contributed by atoms with E-state index < -0.39 is 0 Å². The molecule has 0 heterocycles. The fraction of sp³-hybridized carbons (Fsp3) is 0.0833. The van der Waals surface area contributed by atoms with E-state index in [1.807, 2.05) is 6.07 Å². The summed E-state index contributed by atoms with van der Waals surface area (Å²) in [7, 11) is 0. The second-order valence-corrected chi connectivity index (χ2v) is 2.49. The van der Waals surface area contributed by atoms with Crippen LogP contribution in [0.4, 0.5) is 0 Å². The van der Waals surface area contributed by atoms with Gasteiger partial charge in [-0.1, -0.05) is 18.2 Å². The van der Waals surface area contributed by atoms with Gasteiger partial charge in [0.1, 0.15) is 0 Å². The van der Waals surface area contributed by atoms with Crippen LogP contribution in [-0.2, 0) is 34.2 Å². The Morgan fingerprint density at radius 1 is 1.06 bits per heavy atom. The number of carbonyl (C=O) groups is 2. The number of rotatable bonds is 3. The van der Waals surface area contributed by atoms with Crippen LogP contribution >= 0.6 is 0 Å². The van der Waals surface area contributed by atoms with Crippen LogP contribution in [0.2, 0.25) is 0 Å². The van der Waals surface area contributed by atoms with Gasteiger partial charge in [-0.15, -0.1) is 24.1 Å². The third-order valence-corrected chi connectivity index (χ3v) is 1.39. The van der Waals surface area contributed by atoms with Crippen molar-refractivity contribution in [3.8, 4) is 0 Å². The molecule has 4 nitrogen and oxygen atoms in total. The number of ketones is 2. The zero-order chi connectivity index (χ0) is 13.0. The Hall–Kier alpha value is -1.44. The maximum absolute atomic E-state index is 11.2. The maximum Gasteiger partial charge on any atom is 0 e. The maximum atomic E-state index is 11.2. The summed E-state index contributed by atoms with van der Waals surface area (Å²) in [5.74, 6) is -0.452. The smallest absolute Gasteiger partial charge is 0 e. The zero-order valence-electron chi connectivity index (χ0n) is 8.93. The Balaban J connectivity index is -0.000000355. The van der Waals surface area contributed by atoms with Gasteiger partial charge in [0.05, 0.1) is 5.78 Å². The molecule has 0 aliphatic heterocycles. The number of hydrogen-bond acceptors (Lipinski definition) is 2. The molecule has 0 saturated carbocycles. The van der Waals surface area contributed by atoms with E-state index in [2.05, 4.69) is 13.3 Å². The van der Waals surface area contributed by atoms with Crippen molar-refractivity contribution in [2.24, 2.45) is 0 Å². The van der Waals surface area contributed by atoms with Gasteiger partial charge in [0.25, 0.3) is 0 Å². The number of hydrogen-bond donors (Lipinski definition) is 0. The van der Waals surface area contributed by atoms with Crippen molar-refractivity contribution in [2.75, 3.05) is 0 Å². The molecule has 0 aliphatic rings. The topological polar surface area (TPSA) is 73.9 Å². The SMILES string of the molecule is CC(=O)[CH-]C(=O)c1ccccc1.[C-]#[O+].[C-]#[O+].[Ir]. The molecule has 0 saturated heterocycles. The van der Waals surface area contributed by atoms with Crippen molar-refractivity contribution in [1.29, 1.82) is 0 Å². The second kappa shape index (κ2) is 14.6. The van der Waals surface area contributed by atoms with Crippen LogP contribution in [0.1, 0.15) is 17.3 Å². The van der Waals surface area contributed by atoms with E-state index in [0.717, 1.165) is 6.42 Å². The van der Waals surface area contributed by atoms with Crippen LogP contribution in [-0.4, -0.2) is 11.6 Å². The van der Waals surface area contributed by atoms with Crippen LogP contribution in [0.3, 0.4) is 0 Å². The average molecular weight is 409 g/mol. The predicted molar refractivity (Wildman–Crippen MR) is 53.6 cm³/mol. The molecule has 0 atom stereocenters. The largest absolute Gasteiger partial charge is 0 e. The molecule has 0 spiro atoms. The predicted octanol–water partition coefficient (Wildman–Crippen LogP) is 1.59. The van der Waals surface area contributed by atoms with Crippen molar-refractivity contribution in [3.05, 3.63) is 55.6 Å². The van der Waals surface area contributed by atoms with Crippen LogP contribution in [0.15, 0.2) is 30.3 Å². The van der Waals surface area contributed by atoms with Gasteiger partial charge in [0.15, 0.2) is 0 Å². The Morgan fingerprint density at radius 3 is 1.82 bits per heavy atom. The molecule has 0 amide bonds. The summed E-state index contributed by atoms with van der Waals surface area (Å²) in [5.41, 5.74) is 0.549. The summed E-state index contributed by atoms with van der Waals surface area (Å²) in [6, 6.07) is 8.72. The van der Waals surface area contributed by atoms with E-state index in [0.29, 0.717) is 5.56 Å². The monoisotopic (exact) mass is 410 g/mol.